The molecule has 22 heavy (non-hydrogen) atoms. The highest BCUT2D eigenvalue weighted by Crippen LogP contribution is 2.23. The standard InChI is InChI=1S/C17H28N4O/c1-19-12-16(11-18-19)14-20-8-4-5-15(13-20)6-7-17(22)21-9-2-3-10-21/h11-12,15H,2-10,13-14H2,1H3/t15-/m0/s1. The first-order valence-corrected chi connectivity index (χ1v) is 8.68. The van der Waals surface area contributed by atoms with Gasteiger partial charge in [0, 0.05) is 51.4 Å². The molecule has 2 aliphatic heterocycles. The molecular weight excluding hydrogens is 276 g/mol. The van der Waals surface area contributed by atoms with E-state index in [4.69, 9.17) is 0 Å². The van der Waals surface area contributed by atoms with Gasteiger partial charge in [-0.25, -0.2) is 0 Å². The third-order valence-electron chi connectivity index (χ3n) is 4.99. The van der Waals surface area contributed by atoms with Crippen LogP contribution in [-0.4, -0.2) is 51.7 Å². The van der Waals surface area contributed by atoms with E-state index in [1.54, 1.807) is 0 Å². The van der Waals surface area contributed by atoms with Crippen molar-refractivity contribution in [1.29, 1.82) is 0 Å². The minimum absolute atomic E-state index is 0.377. The monoisotopic (exact) mass is 304 g/mol. The van der Waals surface area contributed by atoms with Crippen LogP contribution in [0.4, 0.5) is 0 Å². The van der Waals surface area contributed by atoms with Gasteiger partial charge in [0.15, 0.2) is 0 Å². The summed E-state index contributed by atoms with van der Waals surface area (Å²) in [6.45, 7) is 5.26. The first-order chi connectivity index (χ1) is 10.7. The molecular formula is C17H28N4O. The first-order valence-electron chi connectivity index (χ1n) is 8.68. The maximum absolute atomic E-state index is 12.2. The van der Waals surface area contributed by atoms with Crippen LogP contribution < -0.4 is 0 Å². The summed E-state index contributed by atoms with van der Waals surface area (Å²) in [7, 11) is 1.96. The van der Waals surface area contributed by atoms with E-state index >= 15 is 0 Å². The van der Waals surface area contributed by atoms with Gasteiger partial charge < -0.3 is 4.90 Å². The van der Waals surface area contributed by atoms with Crippen LogP contribution in [0.2, 0.25) is 0 Å². The largest absolute Gasteiger partial charge is 0.343 e. The van der Waals surface area contributed by atoms with Crippen molar-refractivity contribution in [2.24, 2.45) is 13.0 Å². The number of carbonyl (C=O) groups excluding carboxylic acids is 1. The minimum atomic E-state index is 0.377. The lowest BCUT2D eigenvalue weighted by atomic mass is 9.93. The average molecular weight is 304 g/mol. The number of carbonyl (C=O) groups is 1. The molecule has 5 nitrogen and oxygen atoms in total. The van der Waals surface area contributed by atoms with Crippen LogP contribution >= 0.6 is 0 Å². The quantitative estimate of drug-likeness (QED) is 0.836. The molecule has 3 heterocycles. The van der Waals surface area contributed by atoms with Gasteiger partial charge in [-0.3, -0.25) is 14.4 Å². The summed E-state index contributed by atoms with van der Waals surface area (Å²) in [4.78, 5) is 16.7. The van der Waals surface area contributed by atoms with E-state index in [-0.39, 0.29) is 0 Å². The Morgan fingerprint density at radius 2 is 2.09 bits per heavy atom. The summed E-state index contributed by atoms with van der Waals surface area (Å²) >= 11 is 0. The topological polar surface area (TPSA) is 41.4 Å². The van der Waals surface area contributed by atoms with E-state index < -0.39 is 0 Å². The molecule has 122 valence electrons. The van der Waals surface area contributed by atoms with E-state index in [1.807, 2.05) is 17.9 Å². The van der Waals surface area contributed by atoms with Crippen molar-refractivity contribution >= 4 is 5.91 Å². The van der Waals surface area contributed by atoms with E-state index in [0.29, 0.717) is 11.8 Å². The smallest absolute Gasteiger partial charge is 0.222 e. The molecule has 1 aromatic rings. The molecule has 3 rings (SSSR count). The summed E-state index contributed by atoms with van der Waals surface area (Å²) < 4.78 is 1.87. The number of likely N-dealkylation sites (tertiary alicyclic amines) is 2. The molecule has 0 bridgehead atoms. The van der Waals surface area contributed by atoms with E-state index in [9.17, 15) is 4.79 Å². The Morgan fingerprint density at radius 1 is 1.27 bits per heavy atom. The summed E-state index contributed by atoms with van der Waals surface area (Å²) in [5, 5.41) is 4.24. The molecule has 2 fully saturated rings. The second kappa shape index (κ2) is 7.27. The molecule has 0 radical (unpaired) electrons. The summed E-state index contributed by atoms with van der Waals surface area (Å²) in [6.07, 6.45) is 10.8. The Morgan fingerprint density at radius 3 is 2.82 bits per heavy atom. The van der Waals surface area contributed by atoms with Crippen LogP contribution in [0, 0.1) is 5.92 Å². The zero-order valence-corrected chi connectivity index (χ0v) is 13.7. The van der Waals surface area contributed by atoms with Crippen LogP contribution in [0.1, 0.15) is 44.1 Å². The van der Waals surface area contributed by atoms with Gasteiger partial charge in [-0.15, -0.1) is 0 Å². The lowest BCUT2D eigenvalue weighted by Crippen LogP contribution is -2.35. The Kier molecular flexibility index (Phi) is 5.13. The number of nitrogens with zero attached hydrogens (tertiary/aromatic N) is 4. The zero-order valence-electron chi connectivity index (χ0n) is 13.7. The van der Waals surface area contributed by atoms with Gasteiger partial charge in [0.25, 0.3) is 0 Å². The Hall–Kier alpha value is -1.36. The van der Waals surface area contributed by atoms with Crippen LogP contribution in [0.5, 0.6) is 0 Å². The van der Waals surface area contributed by atoms with Gasteiger partial charge in [0.2, 0.25) is 5.91 Å². The third kappa shape index (κ3) is 4.09. The predicted molar refractivity (Wildman–Crippen MR) is 86.3 cm³/mol. The van der Waals surface area contributed by atoms with Crippen molar-refractivity contribution in [3.05, 3.63) is 18.0 Å². The maximum atomic E-state index is 12.2. The fourth-order valence-corrected chi connectivity index (χ4v) is 3.79. The number of hydrogen-bond donors (Lipinski definition) is 0. The lowest BCUT2D eigenvalue weighted by Gasteiger charge is -2.32. The second-order valence-corrected chi connectivity index (χ2v) is 6.89. The van der Waals surface area contributed by atoms with Crippen molar-refractivity contribution in [3.63, 3.8) is 0 Å². The fraction of sp³-hybridized carbons (Fsp3) is 0.765. The zero-order chi connectivity index (χ0) is 15.4. The molecule has 0 aliphatic carbocycles. The molecule has 2 saturated heterocycles. The highest BCUT2D eigenvalue weighted by molar-refractivity contribution is 5.76. The van der Waals surface area contributed by atoms with Gasteiger partial charge in [-0.2, -0.15) is 5.10 Å². The van der Waals surface area contributed by atoms with Gasteiger partial charge in [-0.05, 0) is 44.6 Å². The van der Waals surface area contributed by atoms with Crippen molar-refractivity contribution in [2.75, 3.05) is 26.2 Å². The molecule has 1 amide bonds. The number of rotatable bonds is 5. The molecule has 0 aromatic carbocycles. The number of hydrogen-bond acceptors (Lipinski definition) is 3. The van der Waals surface area contributed by atoms with Crippen molar-refractivity contribution < 1.29 is 4.79 Å². The predicted octanol–water partition coefficient (Wildman–Crippen LogP) is 2.03. The molecule has 0 saturated carbocycles. The van der Waals surface area contributed by atoms with E-state index in [1.165, 1.54) is 37.8 Å². The minimum Gasteiger partial charge on any atom is -0.343 e. The summed E-state index contributed by atoms with van der Waals surface area (Å²) in [5.41, 5.74) is 1.29. The molecule has 0 N–H and O–H groups in total. The van der Waals surface area contributed by atoms with E-state index in [2.05, 4.69) is 21.1 Å². The van der Waals surface area contributed by atoms with Gasteiger partial charge >= 0.3 is 0 Å². The molecule has 0 spiro atoms. The van der Waals surface area contributed by atoms with Crippen molar-refractivity contribution in [1.82, 2.24) is 19.6 Å². The molecule has 0 unspecified atom stereocenters. The number of piperidine rings is 1. The molecule has 1 atom stereocenters. The van der Waals surface area contributed by atoms with Crippen LogP contribution in [-0.2, 0) is 18.4 Å². The van der Waals surface area contributed by atoms with Crippen molar-refractivity contribution in [3.8, 4) is 0 Å². The molecule has 2 aliphatic rings. The van der Waals surface area contributed by atoms with E-state index in [0.717, 1.165) is 39.0 Å². The molecule has 1 aromatic heterocycles. The van der Waals surface area contributed by atoms with Gasteiger partial charge in [0.1, 0.15) is 0 Å². The number of aromatic nitrogens is 2. The average Bonchev–Trinajstić information content (AvgIpc) is 3.17. The Labute approximate surface area is 133 Å². The number of aryl methyl sites for hydroxylation is 1. The summed E-state index contributed by atoms with van der Waals surface area (Å²) in [6, 6.07) is 0. The number of amides is 1. The highest BCUT2D eigenvalue weighted by Gasteiger charge is 2.23. The normalized spacial score (nSPS) is 23.1. The molecule has 5 heteroatoms. The highest BCUT2D eigenvalue weighted by atomic mass is 16.2. The second-order valence-electron chi connectivity index (χ2n) is 6.89. The van der Waals surface area contributed by atoms with Crippen molar-refractivity contribution in [2.45, 2.75) is 45.1 Å². The summed E-state index contributed by atoms with van der Waals surface area (Å²) in [5.74, 6) is 1.05. The fourth-order valence-electron chi connectivity index (χ4n) is 3.79. The van der Waals surface area contributed by atoms with Crippen LogP contribution in [0.25, 0.3) is 0 Å². The van der Waals surface area contributed by atoms with Crippen LogP contribution in [0.15, 0.2) is 12.4 Å². The van der Waals surface area contributed by atoms with Crippen LogP contribution in [0.3, 0.4) is 0 Å². The van der Waals surface area contributed by atoms with Gasteiger partial charge in [0.05, 0.1) is 6.20 Å². The Balaban J connectivity index is 1.43. The lowest BCUT2D eigenvalue weighted by molar-refractivity contribution is -0.130. The SMILES string of the molecule is Cn1cc(CN2CCC[C@@H](CCC(=O)N3CCCC3)C2)cn1. The van der Waals surface area contributed by atoms with Gasteiger partial charge in [-0.1, -0.05) is 0 Å². The first kappa shape index (κ1) is 15.5. The third-order valence-corrected chi connectivity index (χ3v) is 4.99. The maximum Gasteiger partial charge on any atom is 0.222 e. The Bertz CT molecular complexity index is 493.